The molecule has 6 heteroatoms. The minimum Gasteiger partial charge on any atom is -0.359 e. The number of aromatic nitrogens is 1. The zero-order chi connectivity index (χ0) is 18.8. The molecule has 0 aliphatic rings. The second-order valence-electron chi connectivity index (χ2n) is 7.22. The van der Waals surface area contributed by atoms with Gasteiger partial charge in [0.15, 0.2) is 5.76 Å². The third kappa shape index (κ3) is 4.47. The van der Waals surface area contributed by atoms with Gasteiger partial charge >= 0.3 is 11.8 Å². The molecule has 0 fully saturated rings. The summed E-state index contributed by atoms with van der Waals surface area (Å²) in [5.74, 6) is -0.982. The zero-order valence-corrected chi connectivity index (χ0v) is 15.6. The van der Waals surface area contributed by atoms with Gasteiger partial charge in [0.25, 0.3) is 0 Å². The second kappa shape index (κ2) is 7.09. The Morgan fingerprint density at radius 1 is 1.08 bits per heavy atom. The molecule has 25 heavy (non-hydrogen) atoms. The Morgan fingerprint density at radius 2 is 1.68 bits per heavy atom. The van der Waals surface area contributed by atoms with Gasteiger partial charge in [-0.15, -0.1) is 0 Å². The first-order valence-corrected chi connectivity index (χ1v) is 8.24. The second-order valence-corrected chi connectivity index (χ2v) is 7.22. The summed E-state index contributed by atoms with van der Waals surface area (Å²) in [6.45, 7) is 11.6. The molecule has 2 rings (SSSR count). The highest BCUT2D eigenvalue weighted by atomic mass is 16.5. The van der Waals surface area contributed by atoms with E-state index in [1.54, 1.807) is 13.8 Å². The van der Waals surface area contributed by atoms with E-state index in [1.165, 1.54) is 5.56 Å². The van der Waals surface area contributed by atoms with Gasteiger partial charge in [0.1, 0.15) is 11.4 Å². The molecule has 1 aromatic carbocycles. The van der Waals surface area contributed by atoms with Crippen LogP contribution in [0, 0.1) is 13.8 Å². The van der Waals surface area contributed by atoms with Crippen LogP contribution >= 0.6 is 0 Å². The van der Waals surface area contributed by atoms with E-state index in [4.69, 9.17) is 4.52 Å². The zero-order valence-electron chi connectivity index (χ0n) is 15.6. The molecule has 2 aromatic rings. The number of hydrogen-bond acceptors (Lipinski definition) is 4. The molecular formula is C19H25N3O3. The lowest BCUT2D eigenvalue weighted by molar-refractivity contribution is -0.136. The Balaban J connectivity index is 2.01. The smallest absolute Gasteiger partial charge is 0.313 e. The van der Waals surface area contributed by atoms with Gasteiger partial charge in [0, 0.05) is 0 Å². The van der Waals surface area contributed by atoms with Crippen molar-refractivity contribution in [2.45, 2.75) is 53.0 Å². The van der Waals surface area contributed by atoms with Gasteiger partial charge < -0.3 is 15.2 Å². The largest absolute Gasteiger partial charge is 0.359 e. The molecule has 134 valence electrons. The summed E-state index contributed by atoms with van der Waals surface area (Å²) in [4.78, 5) is 24.2. The molecule has 6 nitrogen and oxygen atoms in total. The number of rotatable bonds is 3. The first-order valence-electron chi connectivity index (χ1n) is 8.24. The third-order valence-electron chi connectivity index (χ3n) is 4.10. The van der Waals surface area contributed by atoms with E-state index in [1.807, 2.05) is 31.2 Å². The van der Waals surface area contributed by atoms with E-state index in [-0.39, 0.29) is 11.5 Å². The molecule has 2 amide bonds. The van der Waals surface area contributed by atoms with Gasteiger partial charge in [-0.05, 0) is 37.3 Å². The molecule has 0 bridgehead atoms. The fraction of sp³-hybridized carbons (Fsp3) is 0.421. The predicted molar refractivity (Wildman–Crippen MR) is 96.3 cm³/mol. The molecule has 0 saturated carbocycles. The van der Waals surface area contributed by atoms with Crippen LogP contribution in [0.5, 0.6) is 0 Å². The molecule has 0 aliphatic carbocycles. The van der Waals surface area contributed by atoms with Crippen molar-refractivity contribution in [1.82, 2.24) is 10.5 Å². The highest BCUT2D eigenvalue weighted by Crippen LogP contribution is 2.24. The Hall–Kier alpha value is -2.63. The van der Waals surface area contributed by atoms with Crippen LogP contribution < -0.4 is 10.6 Å². The summed E-state index contributed by atoms with van der Waals surface area (Å²) in [7, 11) is 0. The minimum absolute atomic E-state index is 0.0687. The van der Waals surface area contributed by atoms with Crippen molar-refractivity contribution in [3.8, 4) is 0 Å². The maximum Gasteiger partial charge on any atom is 0.313 e. The molecular weight excluding hydrogens is 318 g/mol. The first-order chi connectivity index (χ1) is 11.6. The summed E-state index contributed by atoms with van der Waals surface area (Å²) in [6, 6.07) is 7.75. The maximum absolute atomic E-state index is 12.1. The van der Waals surface area contributed by atoms with E-state index < -0.39 is 11.8 Å². The van der Waals surface area contributed by atoms with Crippen molar-refractivity contribution < 1.29 is 14.1 Å². The highest BCUT2D eigenvalue weighted by molar-refractivity contribution is 6.39. The van der Waals surface area contributed by atoms with E-state index >= 15 is 0 Å². The first kappa shape index (κ1) is 18.7. The molecule has 0 aliphatic heterocycles. The number of amides is 2. The number of carbonyl (C=O) groups is 2. The van der Waals surface area contributed by atoms with Crippen LogP contribution in [0.2, 0.25) is 0 Å². The van der Waals surface area contributed by atoms with Crippen LogP contribution in [-0.2, 0) is 15.0 Å². The van der Waals surface area contributed by atoms with Crippen molar-refractivity contribution in [2.24, 2.45) is 0 Å². The molecule has 0 saturated heterocycles. The minimum atomic E-state index is -0.743. The quantitative estimate of drug-likeness (QED) is 0.837. The number of benzene rings is 1. The Morgan fingerprint density at radius 3 is 2.16 bits per heavy atom. The topological polar surface area (TPSA) is 84.2 Å². The van der Waals surface area contributed by atoms with Crippen LogP contribution in [0.15, 0.2) is 28.8 Å². The van der Waals surface area contributed by atoms with Crippen molar-refractivity contribution in [3.05, 3.63) is 46.8 Å². The molecule has 1 aromatic heterocycles. The van der Waals surface area contributed by atoms with Crippen LogP contribution in [0.25, 0.3) is 0 Å². The van der Waals surface area contributed by atoms with Crippen molar-refractivity contribution in [2.75, 3.05) is 5.32 Å². The monoisotopic (exact) mass is 343 g/mol. The number of nitrogens with zero attached hydrogens (tertiary/aromatic N) is 1. The van der Waals surface area contributed by atoms with Gasteiger partial charge in [-0.1, -0.05) is 50.2 Å². The molecule has 2 N–H and O–H groups in total. The van der Waals surface area contributed by atoms with Gasteiger partial charge in [0.05, 0.1) is 6.04 Å². The number of nitrogens with one attached hydrogen (secondary N) is 2. The standard InChI is InChI=1S/C19H25N3O3/c1-11(14-7-9-15(10-8-14)19(4,5)6)20-17(23)18(24)21-16-12(2)22-25-13(16)3/h7-11H,1-6H3,(H,20,23)(H,21,24). The number of carbonyl (C=O) groups excluding carboxylic acids is 2. The predicted octanol–water partition coefficient (Wildman–Crippen LogP) is 3.40. The van der Waals surface area contributed by atoms with Crippen molar-refractivity contribution in [3.63, 3.8) is 0 Å². The van der Waals surface area contributed by atoms with Gasteiger partial charge in [0.2, 0.25) is 0 Å². The lowest BCUT2D eigenvalue weighted by atomic mass is 9.86. The number of hydrogen-bond donors (Lipinski definition) is 2. The Kier molecular flexibility index (Phi) is 5.30. The lowest BCUT2D eigenvalue weighted by Gasteiger charge is -2.20. The van der Waals surface area contributed by atoms with Gasteiger partial charge in [-0.3, -0.25) is 9.59 Å². The SMILES string of the molecule is Cc1noc(C)c1NC(=O)C(=O)NC(C)c1ccc(C(C)(C)C)cc1. The fourth-order valence-corrected chi connectivity index (χ4v) is 2.45. The average Bonchev–Trinajstić information content (AvgIpc) is 2.86. The van der Waals surface area contributed by atoms with Crippen LogP contribution in [0.4, 0.5) is 5.69 Å². The maximum atomic E-state index is 12.1. The summed E-state index contributed by atoms with van der Waals surface area (Å²) in [6.07, 6.45) is 0. The van der Waals surface area contributed by atoms with Gasteiger partial charge in [-0.25, -0.2) is 0 Å². The fourth-order valence-electron chi connectivity index (χ4n) is 2.45. The summed E-state index contributed by atoms with van der Waals surface area (Å²) in [5.41, 5.74) is 3.18. The summed E-state index contributed by atoms with van der Waals surface area (Å²) < 4.78 is 4.97. The Bertz CT molecular complexity index is 751. The highest BCUT2D eigenvalue weighted by Gasteiger charge is 2.21. The number of aryl methyl sites for hydroxylation is 2. The van der Waals surface area contributed by atoms with Crippen LogP contribution in [0.3, 0.4) is 0 Å². The molecule has 1 heterocycles. The van der Waals surface area contributed by atoms with Crippen LogP contribution in [-0.4, -0.2) is 17.0 Å². The normalized spacial score (nSPS) is 12.6. The van der Waals surface area contributed by atoms with E-state index in [0.29, 0.717) is 17.1 Å². The van der Waals surface area contributed by atoms with Crippen molar-refractivity contribution in [1.29, 1.82) is 0 Å². The van der Waals surface area contributed by atoms with E-state index in [0.717, 1.165) is 5.56 Å². The molecule has 0 spiro atoms. The molecule has 1 atom stereocenters. The molecule has 1 unspecified atom stereocenters. The summed E-state index contributed by atoms with van der Waals surface area (Å²) in [5, 5.41) is 8.98. The molecule has 0 radical (unpaired) electrons. The summed E-state index contributed by atoms with van der Waals surface area (Å²) >= 11 is 0. The third-order valence-corrected chi connectivity index (χ3v) is 4.10. The van der Waals surface area contributed by atoms with E-state index in [9.17, 15) is 9.59 Å². The van der Waals surface area contributed by atoms with Gasteiger partial charge in [-0.2, -0.15) is 0 Å². The lowest BCUT2D eigenvalue weighted by Crippen LogP contribution is -2.37. The number of anilines is 1. The average molecular weight is 343 g/mol. The van der Waals surface area contributed by atoms with Crippen LogP contribution in [0.1, 0.15) is 56.3 Å². The van der Waals surface area contributed by atoms with Crippen molar-refractivity contribution >= 4 is 17.5 Å². The van der Waals surface area contributed by atoms with E-state index in [2.05, 4.69) is 36.6 Å². The Labute approximate surface area is 148 Å².